The maximum atomic E-state index is 11.6. The summed E-state index contributed by atoms with van der Waals surface area (Å²) < 4.78 is 0. The number of nitrogens with zero attached hydrogens (tertiary/aromatic N) is 1. The Morgan fingerprint density at radius 3 is 3.05 bits per heavy atom. The van der Waals surface area contributed by atoms with Crippen LogP contribution in [0.5, 0.6) is 0 Å². The molecule has 19 heavy (non-hydrogen) atoms. The second-order valence-corrected chi connectivity index (χ2v) is 6.52. The average Bonchev–Trinajstić information content (AvgIpc) is 2.83. The predicted octanol–water partition coefficient (Wildman–Crippen LogP) is 2.22. The molecule has 1 fully saturated rings. The van der Waals surface area contributed by atoms with Crippen LogP contribution in [0, 0.1) is 0 Å². The van der Waals surface area contributed by atoms with Crippen molar-refractivity contribution in [2.24, 2.45) is 5.73 Å². The molecule has 1 amide bonds. The number of primary amides is 1. The molecule has 1 aromatic rings. The Morgan fingerprint density at radius 2 is 2.21 bits per heavy atom. The fourth-order valence-corrected chi connectivity index (χ4v) is 4.44. The molecule has 2 unspecified atom stereocenters. The van der Waals surface area contributed by atoms with Crippen molar-refractivity contribution in [1.29, 1.82) is 0 Å². The second-order valence-electron chi connectivity index (χ2n) is 5.45. The van der Waals surface area contributed by atoms with E-state index in [1.54, 1.807) is 0 Å². The van der Waals surface area contributed by atoms with Crippen LogP contribution >= 0.6 is 11.8 Å². The Kier molecular flexibility index (Phi) is 3.80. The number of fused-ring (bicyclic) bond motifs is 1. The van der Waals surface area contributed by atoms with Gasteiger partial charge in [-0.3, -0.25) is 9.69 Å². The number of benzene rings is 1. The summed E-state index contributed by atoms with van der Waals surface area (Å²) in [5.41, 5.74) is 6.99. The van der Waals surface area contributed by atoms with Gasteiger partial charge in [0.05, 0.1) is 6.04 Å². The number of carbonyl (C=O) groups is 1. The van der Waals surface area contributed by atoms with E-state index >= 15 is 0 Å². The van der Waals surface area contributed by atoms with Gasteiger partial charge >= 0.3 is 0 Å². The van der Waals surface area contributed by atoms with Gasteiger partial charge in [0.2, 0.25) is 5.91 Å². The van der Waals surface area contributed by atoms with Crippen LogP contribution in [-0.4, -0.2) is 35.7 Å². The summed E-state index contributed by atoms with van der Waals surface area (Å²) in [6.45, 7) is 1.98. The lowest BCUT2D eigenvalue weighted by molar-refractivity contribution is -0.124. The zero-order valence-corrected chi connectivity index (χ0v) is 11.9. The summed E-state index contributed by atoms with van der Waals surface area (Å²) in [5.74, 6) is 1.52. The number of thioether (sulfide) groups is 1. The third kappa shape index (κ3) is 2.65. The molecule has 0 radical (unpaired) electrons. The van der Waals surface area contributed by atoms with Gasteiger partial charge in [-0.2, -0.15) is 0 Å². The lowest BCUT2D eigenvalue weighted by Crippen LogP contribution is -2.49. The molecule has 2 N–H and O–H groups in total. The van der Waals surface area contributed by atoms with Gasteiger partial charge < -0.3 is 5.73 Å². The maximum Gasteiger partial charge on any atom is 0.234 e. The smallest absolute Gasteiger partial charge is 0.234 e. The molecule has 0 aromatic heterocycles. The number of carbonyl (C=O) groups excluding carboxylic acids is 1. The Labute approximate surface area is 118 Å². The van der Waals surface area contributed by atoms with Gasteiger partial charge in [-0.25, -0.2) is 0 Å². The van der Waals surface area contributed by atoms with Crippen molar-refractivity contribution in [3.05, 3.63) is 29.8 Å². The first kappa shape index (κ1) is 13.0. The van der Waals surface area contributed by atoms with E-state index in [0.717, 1.165) is 31.7 Å². The van der Waals surface area contributed by atoms with Crippen LogP contribution in [0.2, 0.25) is 0 Å². The molecule has 102 valence electrons. The fourth-order valence-electron chi connectivity index (χ4n) is 3.20. The molecule has 4 heteroatoms. The molecule has 0 aliphatic carbocycles. The van der Waals surface area contributed by atoms with Crippen molar-refractivity contribution in [2.75, 3.05) is 18.8 Å². The number of hydrogen-bond donors (Lipinski definition) is 1. The minimum atomic E-state index is -0.154. The maximum absolute atomic E-state index is 11.6. The highest BCUT2D eigenvalue weighted by Gasteiger charge is 2.31. The van der Waals surface area contributed by atoms with Crippen LogP contribution in [0.1, 0.15) is 30.7 Å². The van der Waals surface area contributed by atoms with E-state index in [1.807, 2.05) is 11.8 Å². The molecule has 2 aliphatic heterocycles. The number of nitrogens with two attached hydrogens (primary N) is 1. The van der Waals surface area contributed by atoms with Crippen molar-refractivity contribution >= 4 is 17.7 Å². The third-order valence-corrected chi connectivity index (χ3v) is 5.45. The molecule has 1 aromatic carbocycles. The molecule has 0 spiro atoms. The van der Waals surface area contributed by atoms with E-state index in [1.165, 1.54) is 16.9 Å². The average molecular weight is 276 g/mol. The van der Waals surface area contributed by atoms with Crippen LogP contribution in [0.25, 0.3) is 0 Å². The zero-order valence-electron chi connectivity index (χ0n) is 11.0. The van der Waals surface area contributed by atoms with E-state index in [4.69, 9.17) is 5.73 Å². The van der Waals surface area contributed by atoms with E-state index < -0.39 is 0 Å². The van der Waals surface area contributed by atoms with Crippen molar-refractivity contribution < 1.29 is 4.79 Å². The standard InChI is InChI=1S/C15H20N2OS/c16-15(18)13-6-3-4-8-17(13)9-11-10-19-14-7-2-1-5-12(11)14/h1-2,5,7,11,13H,3-4,6,8-10H2,(H2,16,18). The van der Waals surface area contributed by atoms with Crippen LogP contribution in [0.15, 0.2) is 29.2 Å². The van der Waals surface area contributed by atoms with Crippen molar-refractivity contribution in [3.63, 3.8) is 0 Å². The van der Waals surface area contributed by atoms with Crippen LogP contribution in [-0.2, 0) is 4.79 Å². The Hall–Kier alpha value is -1.00. The van der Waals surface area contributed by atoms with Crippen molar-refractivity contribution in [2.45, 2.75) is 36.1 Å². The van der Waals surface area contributed by atoms with Gasteiger partial charge in [0.15, 0.2) is 0 Å². The Bertz CT molecular complexity index is 477. The molecule has 3 rings (SSSR count). The quantitative estimate of drug-likeness (QED) is 0.921. The summed E-state index contributed by atoms with van der Waals surface area (Å²) in [5, 5.41) is 0. The summed E-state index contributed by atoms with van der Waals surface area (Å²) in [6, 6.07) is 8.58. The fraction of sp³-hybridized carbons (Fsp3) is 0.533. The zero-order chi connectivity index (χ0) is 13.2. The van der Waals surface area contributed by atoms with E-state index in [2.05, 4.69) is 29.2 Å². The van der Waals surface area contributed by atoms with Gasteiger partial charge in [-0.05, 0) is 31.0 Å². The summed E-state index contributed by atoms with van der Waals surface area (Å²) >= 11 is 1.93. The molecule has 1 saturated heterocycles. The highest BCUT2D eigenvalue weighted by molar-refractivity contribution is 7.99. The molecule has 0 saturated carbocycles. The second kappa shape index (κ2) is 5.55. The molecule has 0 bridgehead atoms. The van der Waals surface area contributed by atoms with Crippen molar-refractivity contribution in [1.82, 2.24) is 4.90 Å². The van der Waals surface area contributed by atoms with E-state index in [9.17, 15) is 4.79 Å². The van der Waals surface area contributed by atoms with Gasteiger partial charge in [0.1, 0.15) is 0 Å². The van der Waals surface area contributed by atoms with Crippen LogP contribution in [0.4, 0.5) is 0 Å². The third-order valence-electron chi connectivity index (χ3n) is 4.20. The number of amides is 1. The number of rotatable bonds is 3. The van der Waals surface area contributed by atoms with Gasteiger partial charge in [-0.1, -0.05) is 24.6 Å². The lowest BCUT2D eigenvalue weighted by Gasteiger charge is -2.35. The van der Waals surface area contributed by atoms with E-state index in [0.29, 0.717) is 5.92 Å². The molecule has 2 atom stereocenters. The highest BCUT2D eigenvalue weighted by Crippen LogP contribution is 2.40. The topological polar surface area (TPSA) is 46.3 Å². The molecule has 2 heterocycles. The number of hydrogen-bond acceptors (Lipinski definition) is 3. The SMILES string of the molecule is NC(=O)C1CCCCN1CC1CSc2ccccc21. The highest BCUT2D eigenvalue weighted by atomic mass is 32.2. The lowest BCUT2D eigenvalue weighted by atomic mass is 9.96. The Balaban J connectivity index is 1.73. The summed E-state index contributed by atoms with van der Waals surface area (Å²) in [6.07, 6.45) is 3.24. The van der Waals surface area contributed by atoms with Crippen molar-refractivity contribution in [3.8, 4) is 0 Å². The van der Waals surface area contributed by atoms with Gasteiger partial charge in [0, 0.05) is 23.1 Å². The first-order valence-corrected chi connectivity index (χ1v) is 7.99. The normalized spacial score (nSPS) is 27.2. The molecular formula is C15H20N2OS. The van der Waals surface area contributed by atoms with Gasteiger partial charge in [0.25, 0.3) is 0 Å². The molecule has 3 nitrogen and oxygen atoms in total. The minimum Gasteiger partial charge on any atom is -0.368 e. The molecular weight excluding hydrogens is 256 g/mol. The summed E-state index contributed by atoms with van der Waals surface area (Å²) in [7, 11) is 0. The van der Waals surface area contributed by atoms with Crippen LogP contribution < -0.4 is 5.73 Å². The largest absolute Gasteiger partial charge is 0.368 e. The predicted molar refractivity (Wildman–Crippen MR) is 78.3 cm³/mol. The Morgan fingerprint density at radius 1 is 1.37 bits per heavy atom. The summed E-state index contributed by atoms with van der Waals surface area (Å²) in [4.78, 5) is 15.3. The molecule has 2 aliphatic rings. The number of piperidine rings is 1. The monoisotopic (exact) mass is 276 g/mol. The first-order chi connectivity index (χ1) is 9.25. The number of likely N-dealkylation sites (tertiary alicyclic amines) is 1. The minimum absolute atomic E-state index is 0.0495. The van der Waals surface area contributed by atoms with Crippen LogP contribution in [0.3, 0.4) is 0 Å². The first-order valence-electron chi connectivity index (χ1n) is 7.01. The van der Waals surface area contributed by atoms with E-state index in [-0.39, 0.29) is 11.9 Å². The van der Waals surface area contributed by atoms with Gasteiger partial charge in [-0.15, -0.1) is 11.8 Å².